The Morgan fingerprint density at radius 1 is 1.41 bits per heavy atom. The van der Waals surface area contributed by atoms with Crippen LogP contribution in [0.25, 0.3) is 0 Å². The van der Waals surface area contributed by atoms with Crippen molar-refractivity contribution in [2.24, 2.45) is 5.73 Å². The standard InChI is InChI=1S/C8H9NO2.C5H10O/c9-8(10)11-6-7-4-2-1-3-5-7;1-2-3-4-5-6/h1-5H,6H2,(H2,9,10);2,6H,1,3-5H2. The van der Waals surface area contributed by atoms with Crippen molar-refractivity contribution in [1.82, 2.24) is 0 Å². The predicted molar refractivity (Wildman–Crippen MR) is 67.3 cm³/mol. The van der Waals surface area contributed by atoms with E-state index in [0.29, 0.717) is 0 Å². The van der Waals surface area contributed by atoms with Crippen molar-refractivity contribution in [3.63, 3.8) is 0 Å². The summed E-state index contributed by atoms with van der Waals surface area (Å²) in [6.07, 6.45) is 2.84. The highest BCUT2D eigenvalue weighted by molar-refractivity contribution is 5.64. The highest BCUT2D eigenvalue weighted by atomic mass is 16.5. The topological polar surface area (TPSA) is 72.5 Å². The van der Waals surface area contributed by atoms with Crippen LogP contribution < -0.4 is 5.73 Å². The maximum atomic E-state index is 10.2. The highest BCUT2D eigenvalue weighted by Gasteiger charge is 1.93. The van der Waals surface area contributed by atoms with Crippen molar-refractivity contribution in [1.29, 1.82) is 0 Å². The molecule has 1 amide bonds. The average molecular weight is 237 g/mol. The molecule has 1 aromatic carbocycles. The predicted octanol–water partition coefficient (Wildman–Crippen LogP) is 2.23. The van der Waals surface area contributed by atoms with Gasteiger partial charge >= 0.3 is 6.09 Å². The van der Waals surface area contributed by atoms with Crippen LogP contribution in [-0.2, 0) is 11.3 Å². The average Bonchev–Trinajstić information content (AvgIpc) is 2.36. The Kier molecular flexibility index (Phi) is 9.56. The summed E-state index contributed by atoms with van der Waals surface area (Å²) < 4.78 is 4.57. The number of primary amides is 1. The fourth-order valence-electron chi connectivity index (χ4n) is 0.964. The highest BCUT2D eigenvalue weighted by Crippen LogP contribution is 1.99. The molecule has 1 rings (SSSR count). The third-order valence-electron chi connectivity index (χ3n) is 1.79. The lowest BCUT2D eigenvalue weighted by molar-refractivity contribution is 0.150. The fourth-order valence-corrected chi connectivity index (χ4v) is 0.964. The Bertz CT molecular complexity index is 312. The molecule has 0 aromatic heterocycles. The maximum absolute atomic E-state index is 10.2. The third kappa shape index (κ3) is 10.5. The van der Waals surface area contributed by atoms with E-state index in [1.165, 1.54) is 0 Å². The molecular weight excluding hydrogens is 218 g/mol. The monoisotopic (exact) mass is 237 g/mol. The number of aliphatic hydroxyl groups excluding tert-OH is 1. The number of amides is 1. The van der Waals surface area contributed by atoms with Crippen LogP contribution in [0, 0.1) is 0 Å². The van der Waals surface area contributed by atoms with Crippen LogP contribution >= 0.6 is 0 Å². The van der Waals surface area contributed by atoms with Gasteiger partial charge in [0.15, 0.2) is 0 Å². The summed E-state index contributed by atoms with van der Waals surface area (Å²) in [4.78, 5) is 10.2. The van der Waals surface area contributed by atoms with Crippen LogP contribution in [0.5, 0.6) is 0 Å². The molecule has 17 heavy (non-hydrogen) atoms. The summed E-state index contributed by atoms with van der Waals surface area (Å²) in [7, 11) is 0. The van der Waals surface area contributed by atoms with Crippen molar-refractivity contribution in [2.75, 3.05) is 6.61 Å². The molecule has 0 saturated heterocycles. The molecule has 0 aliphatic rings. The first-order valence-electron chi connectivity index (χ1n) is 5.38. The molecule has 0 radical (unpaired) electrons. The molecular formula is C13H19NO3. The zero-order chi connectivity index (χ0) is 12.9. The molecule has 4 nitrogen and oxygen atoms in total. The molecule has 0 spiro atoms. The van der Waals surface area contributed by atoms with Gasteiger partial charge in [0.1, 0.15) is 6.61 Å². The number of unbranched alkanes of at least 4 members (excludes halogenated alkanes) is 1. The quantitative estimate of drug-likeness (QED) is 0.609. The van der Waals surface area contributed by atoms with Crippen molar-refractivity contribution in [3.05, 3.63) is 48.6 Å². The summed E-state index contributed by atoms with van der Waals surface area (Å²) in [5.41, 5.74) is 5.72. The van der Waals surface area contributed by atoms with Crippen LogP contribution in [-0.4, -0.2) is 17.8 Å². The summed E-state index contributed by atoms with van der Waals surface area (Å²) in [5, 5.41) is 8.15. The smallest absolute Gasteiger partial charge is 0.404 e. The van der Waals surface area contributed by atoms with Crippen molar-refractivity contribution in [3.8, 4) is 0 Å². The lowest BCUT2D eigenvalue weighted by Gasteiger charge is -1.99. The van der Waals surface area contributed by atoms with E-state index in [4.69, 9.17) is 10.8 Å². The van der Waals surface area contributed by atoms with Crippen molar-refractivity contribution in [2.45, 2.75) is 19.4 Å². The minimum absolute atomic E-state index is 0.246. The molecule has 0 atom stereocenters. The molecule has 0 aliphatic carbocycles. The largest absolute Gasteiger partial charge is 0.445 e. The van der Waals surface area contributed by atoms with Crippen LogP contribution in [0.15, 0.2) is 43.0 Å². The molecule has 0 unspecified atom stereocenters. The van der Waals surface area contributed by atoms with Crippen LogP contribution in [0.1, 0.15) is 18.4 Å². The number of ether oxygens (including phenoxy) is 1. The van der Waals surface area contributed by atoms with Gasteiger partial charge in [-0.2, -0.15) is 0 Å². The van der Waals surface area contributed by atoms with Gasteiger partial charge in [0.2, 0.25) is 0 Å². The minimum atomic E-state index is -0.742. The van der Waals surface area contributed by atoms with Crippen molar-refractivity contribution < 1.29 is 14.6 Å². The molecule has 0 aliphatic heterocycles. The first-order chi connectivity index (χ1) is 8.20. The van der Waals surface area contributed by atoms with Gasteiger partial charge in [0.05, 0.1) is 0 Å². The molecule has 94 valence electrons. The second-order valence-electron chi connectivity index (χ2n) is 3.25. The zero-order valence-corrected chi connectivity index (χ0v) is 9.84. The van der Waals surface area contributed by atoms with Gasteiger partial charge in [-0.3, -0.25) is 0 Å². The zero-order valence-electron chi connectivity index (χ0n) is 9.84. The summed E-state index contributed by atoms with van der Waals surface area (Å²) in [6.45, 7) is 4.02. The van der Waals surface area contributed by atoms with Gasteiger partial charge in [-0.1, -0.05) is 36.4 Å². The van der Waals surface area contributed by atoms with Crippen LogP contribution in [0.3, 0.4) is 0 Å². The van der Waals surface area contributed by atoms with Gasteiger partial charge < -0.3 is 15.6 Å². The summed E-state index contributed by atoms with van der Waals surface area (Å²) in [6, 6.07) is 9.37. The van der Waals surface area contributed by atoms with Gasteiger partial charge in [-0.15, -0.1) is 6.58 Å². The molecule has 4 heteroatoms. The number of rotatable bonds is 5. The van der Waals surface area contributed by atoms with E-state index < -0.39 is 6.09 Å². The van der Waals surface area contributed by atoms with Gasteiger partial charge in [-0.05, 0) is 18.4 Å². The van der Waals surface area contributed by atoms with E-state index in [0.717, 1.165) is 18.4 Å². The number of carbonyl (C=O) groups is 1. The molecule has 0 heterocycles. The molecule has 0 bridgehead atoms. The van der Waals surface area contributed by atoms with E-state index in [1.54, 1.807) is 6.08 Å². The molecule has 1 aromatic rings. The Morgan fingerprint density at radius 2 is 2.06 bits per heavy atom. The number of aliphatic hydroxyl groups is 1. The van der Waals surface area contributed by atoms with Gasteiger partial charge in [0, 0.05) is 6.61 Å². The van der Waals surface area contributed by atoms with Crippen LogP contribution in [0.2, 0.25) is 0 Å². The Balaban J connectivity index is 0.000000366. The first-order valence-corrected chi connectivity index (χ1v) is 5.38. The SMILES string of the molecule is C=CCCCO.NC(=O)OCc1ccccc1. The number of benzene rings is 1. The van der Waals surface area contributed by atoms with E-state index >= 15 is 0 Å². The number of carbonyl (C=O) groups excluding carboxylic acids is 1. The lowest BCUT2D eigenvalue weighted by Crippen LogP contribution is -2.12. The second-order valence-corrected chi connectivity index (χ2v) is 3.25. The first kappa shape index (κ1) is 15.2. The van der Waals surface area contributed by atoms with E-state index in [1.807, 2.05) is 30.3 Å². The van der Waals surface area contributed by atoms with Crippen molar-refractivity contribution >= 4 is 6.09 Å². The maximum Gasteiger partial charge on any atom is 0.404 e. The normalized spacial score (nSPS) is 8.76. The molecule has 3 N–H and O–H groups in total. The number of hydrogen-bond acceptors (Lipinski definition) is 3. The number of nitrogens with two attached hydrogens (primary N) is 1. The van der Waals surface area contributed by atoms with E-state index in [-0.39, 0.29) is 13.2 Å². The Labute approximate surface area is 102 Å². The van der Waals surface area contributed by atoms with Gasteiger partial charge in [0.25, 0.3) is 0 Å². The van der Waals surface area contributed by atoms with Crippen LogP contribution in [0.4, 0.5) is 4.79 Å². The third-order valence-corrected chi connectivity index (χ3v) is 1.79. The number of allylic oxidation sites excluding steroid dienone is 1. The van der Waals surface area contributed by atoms with E-state index in [2.05, 4.69) is 11.3 Å². The second kappa shape index (κ2) is 10.7. The molecule has 0 fully saturated rings. The minimum Gasteiger partial charge on any atom is -0.445 e. The Hall–Kier alpha value is -1.81. The van der Waals surface area contributed by atoms with Gasteiger partial charge in [-0.25, -0.2) is 4.79 Å². The lowest BCUT2D eigenvalue weighted by atomic mass is 10.2. The van der Waals surface area contributed by atoms with E-state index in [9.17, 15) is 4.79 Å². The molecule has 0 saturated carbocycles. The Morgan fingerprint density at radius 3 is 2.47 bits per heavy atom. The fraction of sp³-hybridized carbons (Fsp3) is 0.308. The summed E-state index contributed by atoms with van der Waals surface area (Å²) >= 11 is 0. The number of hydrogen-bond donors (Lipinski definition) is 2. The summed E-state index contributed by atoms with van der Waals surface area (Å²) in [5.74, 6) is 0.